The van der Waals surface area contributed by atoms with E-state index in [4.69, 9.17) is 5.11 Å². The average Bonchev–Trinajstić information content (AvgIpc) is 3.34. The van der Waals surface area contributed by atoms with Crippen LogP contribution in [0.15, 0.2) is 36.8 Å². The van der Waals surface area contributed by atoms with Crippen LogP contribution in [0.5, 0.6) is 5.88 Å². The minimum Gasteiger partial charge on any atom is -0.492 e. The fourth-order valence-electron chi connectivity index (χ4n) is 3.03. The highest BCUT2D eigenvalue weighted by atomic mass is 19.4. The van der Waals surface area contributed by atoms with Gasteiger partial charge in [0.2, 0.25) is 5.88 Å². The first-order valence-corrected chi connectivity index (χ1v) is 8.65. The van der Waals surface area contributed by atoms with Crippen molar-refractivity contribution < 1.29 is 32.6 Å². The van der Waals surface area contributed by atoms with Crippen LogP contribution in [-0.4, -0.2) is 45.7 Å². The Hall–Kier alpha value is -4.03. The molecule has 0 amide bonds. The maximum absolute atomic E-state index is 13.8. The van der Waals surface area contributed by atoms with Crippen molar-refractivity contribution in [2.45, 2.75) is 19.1 Å². The predicted molar refractivity (Wildman–Crippen MR) is 96.3 cm³/mol. The monoisotopic (exact) mass is 436 g/mol. The zero-order valence-corrected chi connectivity index (χ0v) is 15.5. The van der Waals surface area contributed by atoms with Crippen LogP contribution in [0.2, 0.25) is 0 Å². The highest BCUT2D eigenvalue weighted by Crippen LogP contribution is 2.34. The Morgan fingerprint density at radius 1 is 1.13 bits per heavy atom. The Balaban J connectivity index is 1.77. The lowest BCUT2D eigenvalue weighted by molar-refractivity contribution is -0.137. The molecule has 0 unspecified atom stereocenters. The van der Waals surface area contributed by atoms with E-state index in [0.29, 0.717) is 6.07 Å². The van der Waals surface area contributed by atoms with Crippen LogP contribution in [0, 0.1) is 5.82 Å². The summed E-state index contributed by atoms with van der Waals surface area (Å²) in [6.07, 6.45) is -1.29. The molecule has 0 radical (unpaired) electrons. The zero-order valence-electron chi connectivity index (χ0n) is 15.5. The number of hydrogen-bond acceptors (Lipinski definition) is 6. The van der Waals surface area contributed by atoms with Gasteiger partial charge in [0.1, 0.15) is 16.9 Å². The quantitative estimate of drug-likeness (QED) is 0.472. The highest BCUT2D eigenvalue weighted by Gasteiger charge is 2.32. The molecule has 9 nitrogen and oxygen atoms in total. The third-order valence-corrected chi connectivity index (χ3v) is 4.55. The Labute approximate surface area is 170 Å². The number of aromatic hydroxyl groups is 1. The summed E-state index contributed by atoms with van der Waals surface area (Å²) < 4.78 is 55.1. The largest absolute Gasteiger partial charge is 0.492 e. The second-order valence-electron chi connectivity index (χ2n) is 6.60. The molecule has 0 saturated heterocycles. The molecule has 0 aliphatic heterocycles. The Kier molecular flexibility index (Phi) is 4.60. The maximum atomic E-state index is 13.8. The number of halogens is 4. The van der Waals surface area contributed by atoms with Gasteiger partial charge in [-0.3, -0.25) is 4.68 Å². The van der Waals surface area contributed by atoms with Gasteiger partial charge in [-0.25, -0.2) is 18.9 Å². The van der Waals surface area contributed by atoms with E-state index in [9.17, 15) is 27.5 Å². The number of aromatic carboxylic acids is 1. The number of carbonyl (C=O) groups is 1. The molecule has 3 heterocycles. The minimum absolute atomic E-state index is 0.000293. The lowest BCUT2D eigenvalue weighted by Gasteiger charge is -2.16. The topological polar surface area (TPSA) is 119 Å². The SMILES string of the molecule is C[C@H](c1cc(F)cc(C(F)(F)F)c1)n1ncc2nc(-n3cc(C(=O)O)cn3)nc(O)c21. The summed E-state index contributed by atoms with van der Waals surface area (Å²) in [6.45, 7) is 1.47. The fraction of sp³-hybridized carbons (Fsp3) is 0.167. The second kappa shape index (κ2) is 7.04. The molecule has 31 heavy (non-hydrogen) atoms. The van der Waals surface area contributed by atoms with Crippen molar-refractivity contribution >= 4 is 17.0 Å². The normalized spacial score (nSPS) is 12.9. The number of carboxylic acid groups (broad SMARTS) is 1. The Morgan fingerprint density at radius 2 is 1.87 bits per heavy atom. The van der Waals surface area contributed by atoms with E-state index in [2.05, 4.69) is 20.2 Å². The van der Waals surface area contributed by atoms with Gasteiger partial charge in [0, 0.05) is 6.20 Å². The molecule has 160 valence electrons. The first-order valence-electron chi connectivity index (χ1n) is 8.65. The predicted octanol–water partition coefficient (Wildman–Crippen LogP) is 3.18. The van der Waals surface area contributed by atoms with Crippen LogP contribution in [0.1, 0.15) is 34.5 Å². The van der Waals surface area contributed by atoms with Gasteiger partial charge in [-0.2, -0.15) is 28.4 Å². The van der Waals surface area contributed by atoms with Crippen molar-refractivity contribution in [3.63, 3.8) is 0 Å². The molecule has 13 heteroatoms. The number of rotatable bonds is 4. The van der Waals surface area contributed by atoms with Crippen molar-refractivity contribution in [3.8, 4) is 11.8 Å². The molecule has 1 atom stereocenters. The van der Waals surface area contributed by atoms with Gasteiger partial charge in [0.25, 0.3) is 5.95 Å². The molecule has 0 spiro atoms. The molecule has 0 bridgehead atoms. The van der Waals surface area contributed by atoms with Crippen LogP contribution in [-0.2, 0) is 6.18 Å². The average molecular weight is 436 g/mol. The van der Waals surface area contributed by atoms with Gasteiger partial charge in [-0.1, -0.05) is 0 Å². The highest BCUT2D eigenvalue weighted by molar-refractivity contribution is 5.87. The molecule has 0 aliphatic carbocycles. The number of aromatic nitrogens is 6. The van der Waals surface area contributed by atoms with Gasteiger partial charge in [-0.05, 0) is 30.7 Å². The second-order valence-corrected chi connectivity index (χ2v) is 6.60. The van der Waals surface area contributed by atoms with Gasteiger partial charge < -0.3 is 10.2 Å². The Bertz CT molecular complexity index is 1310. The third-order valence-electron chi connectivity index (χ3n) is 4.55. The van der Waals surface area contributed by atoms with E-state index in [1.165, 1.54) is 13.1 Å². The fourth-order valence-corrected chi connectivity index (χ4v) is 3.03. The summed E-state index contributed by atoms with van der Waals surface area (Å²) >= 11 is 0. The molecule has 4 rings (SSSR count). The molecule has 0 aliphatic rings. The lowest BCUT2D eigenvalue weighted by Crippen LogP contribution is -2.12. The van der Waals surface area contributed by atoms with Gasteiger partial charge in [-0.15, -0.1) is 0 Å². The van der Waals surface area contributed by atoms with E-state index in [1.54, 1.807) is 0 Å². The van der Waals surface area contributed by atoms with Crippen LogP contribution in [0.3, 0.4) is 0 Å². The van der Waals surface area contributed by atoms with E-state index in [1.807, 2.05) is 0 Å². The first kappa shape index (κ1) is 20.3. The summed E-state index contributed by atoms with van der Waals surface area (Å²) in [7, 11) is 0. The standard InChI is InChI=1S/C18H12F4N6O3/c1-8(9-2-11(18(20,21)22)4-12(19)3-9)28-14-13(6-24-28)25-17(26-15(14)29)27-7-10(5-23-27)16(30)31/h2-8H,1H3,(H,30,31)(H,25,26,29)/t8-/m1/s1. The number of alkyl halides is 3. The van der Waals surface area contributed by atoms with E-state index >= 15 is 0 Å². The molecule has 2 N–H and O–H groups in total. The maximum Gasteiger partial charge on any atom is 0.416 e. The molecule has 1 aromatic carbocycles. The number of nitrogens with zero attached hydrogens (tertiary/aromatic N) is 6. The summed E-state index contributed by atoms with van der Waals surface area (Å²) in [6, 6.07) is 1.22. The number of carboxylic acids is 1. The molecule has 3 aromatic heterocycles. The van der Waals surface area contributed by atoms with Crippen LogP contribution in [0.4, 0.5) is 17.6 Å². The van der Waals surface area contributed by atoms with Gasteiger partial charge >= 0.3 is 12.1 Å². The van der Waals surface area contributed by atoms with E-state index < -0.39 is 35.4 Å². The van der Waals surface area contributed by atoms with Crippen molar-refractivity contribution in [1.29, 1.82) is 0 Å². The molecule has 0 fully saturated rings. The Morgan fingerprint density at radius 3 is 2.52 bits per heavy atom. The smallest absolute Gasteiger partial charge is 0.416 e. The zero-order chi connectivity index (χ0) is 22.5. The first-order chi connectivity index (χ1) is 14.5. The van der Waals surface area contributed by atoms with Crippen LogP contribution in [0.25, 0.3) is 17.0 Å². The van der Waals surface area contributed by atoms with Crippen molar-refractivity contribution in [1.82, 2.24) is 29.5 Å². The van der Waals surface area contributed by atoms with E-state index in [0.717, 1.165) is 33.9 Å². The number of hydrogen-bond donors (Lipinski definition) is 2. The lowest BCUT2D eigenvalue weighted by atomic mass is 10.0. The minimum atomic E-state index is -4.73. The van der Waals surface area contributed by atoms with Crippen molar-refractivity contribution in [2.24, 2.45) is 0 Å². The number of fused-ring (bicyclic) bond motifs is 1. The summed E-state index contributed by atoms with van der Waals surface area (Å²) in [5.74, 6) is -2.99. The molecule has 0 saturated carbocycles. The number of benzene rings is 1. The van der Waals surface area contributed by atoms with Crippen molar-refractivity contribution in [2.75, 3.05) is 0 Å². The summed E-state index contributed by atoms with van der Waals surface area (Å²) in [4.78, 5) is 19.0. The third kappa shape index (κ3) is 3.65. The molecular weight excluding hydrogens is 424 g/mol. The summed E-state index contributed by atoms with van der Waals surface area (Å²) in [5, 5.41) is 27.2. The van der Waals surface area contributed by atoms with E-state index in [-0.39, 0.29) is 28.1 Å². The van der Waals surface area contributed by atoms with Crippen LogP contribution < -0.4 is 0 Å². The molecular formula is C18H12F4N6O3. The van der Waals surface area contributed by atoms with Crippen molar-refractivity contribution in [3.05, 3.63) is 59.3 Å². The van der Waals surface area contributed by atoms with Gasteiger partial charge in [0.15, 0.2) is 0 Å². The summed E-state index contributed by atoms with van der Waals surface area (Å²) in [5.41, 5.74) is -1.19. The molecule has 4 aromatic rings. The van der Waals surface area contributed by atoms with Gasteiger partial charge in [0.05, 0.1) is 29.6 Å². The van der Waals surface area contributed by atoms with Crippen LogP contribution >= 0.6 is 0 Å².